The molecule has 102 valence electrons. The Morgan fingerprint density at radius 3 is 2.56 bits per heavy atom. The summed E-state index contributed by atoms with van der Waals surface area (Å²) in [6, 6.07) is 1.83. The first-order valence-electron chi connectivity index (χ1n) is 6.02. The Labute approximate surface area is 108 Å². The molecule has 1 heterocycles. The van der Waals surface area contributed by atoms with Gasteiger partial charge in [-0.15, -0.1) is 0 Å². The maximum atomic E-state index is 11.7. The van der Waals surface area contributed by atoms with Crippen molar-refractivity contribution in [2.75, 3.05) is 5.75 Å². The Morgan fingerprint density at radius 2 is 2.00 bits per heavy atom. The molecule has 0 atom stereocenters. The second-order valence-electron chi connectivity index (χ2n) is 4.44. The smallest absolute Gasteiger partial charge is 0.252 e. The normalized spacial score (nSPS) is 11.7. The number of rotatable bonds is 6. The molecule has 0 aromatic carbocycles. The van der Waals surface area contributed by atoms with Gasteiger partial charge in [-0.25, -0.2) is 13.1 Å². The molecule has 1 rings (SSSR count). The fraction of sp³-hybridized carbons (Fsp3) is 0.583. The average Bonchev–Trinajstić information content (AvgIpc) is 2.24. The third kappa shape index (κ3) is 4.27. The maximum absolute atomic E-state index is 11.7. The number of unbranched alkanes of at least 4 members (excludes halogenated alkanes) is 1. The number of aromatic nitrogens is 1. The number of pyridine rings is 1. The van der Waals surface area contributed by atoms with Crippen LogP contribution in [0, 0.1) is 13.8 Å². The van der Waals surface area contributed by atoms with Gasteiger partial charge in [-0.1, -0.05) is 13.3 Å². The number of sulfonamides is 1. The summed E-state index contributed by atoms with van der Waals surface area (Å²) in [7, 11) is -3.29. The fourth-order valence-corrected chi connectivity index (χ4v) is 2.87. The van der Waals surface area contributed by atoms with Gasteiger partial charge in [0.05, 0.1) is 5.75 Å². The molecule has 1 aromatic heterocycles. The highest BCUT2D eigenvalue weighted by atomic mass is 32.2. The van der Waals surface area contributed by atoms with E-state index < -0.39 is 10.0 Å². The van der Waals surface area contributed by atoms with E-state index in [1.165, 1.54) is 0 Å². The molecule has 0 aliphatic rings. The quantitative estimate of drug-likeness (QED) is 0.817. The van der Waals surface area contributed by atoms with Crippen LogP contribution in [0.3, 0.4) is 0 Å². The Hall–Kier alpha value is -1.14. The minimum absolute atomic E-state index is 0.0491. The molecule has 0 unspecified atom stereocenters. The Kier molecular flexibility index (Phi) is 5.10. The zero-order valence-corrected chi connectivity index (χ0v) is 11.9. The molecule has 1 aromatic rings. The lowest BCUT2D eigenvalue weighted by molar-refractivity contribution is 0.577. The van der Waals surface area contributed by atoms with Gasteiger partial charge in [0, 0.05) is 17.8 Å². The van der Waals surface area contributed by atoms with Crippen LogP contribution in [0.4, 0.5) is 0 Å². The fourth-order valence-electron chi connectivity index (χ4n) is 1.69. The largest absolute Gasteiger partial charge is 0.326 e. The second kappa shape index (κ2) is 6.15. The zero-order valence-electron chi connectivity index (χ0n) is 11.0. The van der Waals surface area contributed by atoms with Gasteiger partial charge in [0.2, 0.25) is 10.0 Å². The number of H-pyrrole nitrogens is 1. The zero-order chi connectivity index (χ0) is 13.8. The van der Waals surface area contributed by atoms with Gasteiger partial charge >= 0.3 is 0 Å². The number of hydrogen-bond acceptors (Lipinski definition) is 3. The van der Waals surface area contributed by atoms with Crippen molar-refractivity contribution < 1.29 is 8.42 Å². The third-order valence-electron chi connectivity index (χ3n) is 2.73. The molecule has 5 nitrogen and oxygen atoms in total. The molecule has 0 saturated heterocycles. The molecule has 0 aliphatic heterocycles. The molecular weight excluding hydrogens is 252 g/mol. The Balaban J connectivity index is 2.79. The van der Waals surface area contributed by atoms with Crippen LogP contribution >= 0.6 is 0 Å². The predicted molar refractivity (Wildman–Crippen MR) is 72.1 cm³/mol. The van der Waals surface area contributed by atoms with Crippen molar-refractivity contribution in [2.45, 2.75) is 40.2 Å². The summed E-state index contributed by atoms with van der Waals surface area (Å²) in [6.45, 7) is 5.58. The second-order valence-corrected chi connectivity index (χ2v) is 6.36. The highest BCUT2D eigenvalue weighted by molar-refractivity contribution is 7.89. The van der Waals surface area contributed by atoms with Crippen LogP contribution < -0.4 is 10.3 Å². The van der Waals surface area contributed by atoms with Crippen LogP contribution in [-0.4, -0.2) is 19.2 Å². The molecular formula is C12H20N2O3S. The van der Waals surface area contributed by atoms with Gasteiger partial charge in [0.1, 0.15) is 0 Å². The SMILES string of the molecule is CCCCS(=O)(=O)NCc1c(C)cc(C)[nH]c1=O. The van der Waals surface area contributed by atoms with Gasteiger partial charge in [-0.05, 0) is 31.9 Å². The average molecular weight is 272 g/mol. The number of hydrogen-bond donors (Lipinski definition) is 2. The van der Waals surface area contributed by atoms with Crippen molar-refractivity contribution >= 4 is 10.0 Å². The highest BCUT2D eigenvalue weighted by Crippen LogP contribution is 2.04. The molecule has 0 spiro atoms. The van der Waals surface area contributed by atoms with Crippen molar-refractivity contribution in [1.82, 2.24) is 9.71 Å². The Bertz CT molecular complexity index is 561. The first-order valence-corrected chi connectivity index (χ1v) is 7.67. The van der Waals surface area contributed by atoms with Gasteiger partial charge in [-0.2, -0.15) is 0 Å². The summed E-state index contributed by atoms with van der Waals surface area (Å²) < 4.78 is 25.7. The van der Waals surface area contributed by atoms with E-state index in [0.29, 0.717) is 12.0 Å². The summed E-state index contributed by atoms with van der Waals surface area (Å²) in [5.41, 5.74) is 1.82. The maximum Gasteiger partial charge on any atom is 0.252 e. The molecule has 0 radical (unpaired) electrons. The first-order chi connectivity index (χ1) is 8.35. The van der Waals surface area contributed by atoms with Gasteiger partial charge in [0.15, 0.2) is 0 Å². The van der Waals surface area contributed by atoms with E-state index in [9.17, 15) is 13.2 Å². The van der Waals surface area contributed by atoms with Crippen molar-refractivity contribution in [2.24, 2.45) is 0 Å². The molecule has 2 N–H and O–H groups in total. The third-order valence-corrected chi connectivity index (χ3v) is 4.14. The monoisotopic (exact) mass is 272 g/mol. The standard InChI is InChI=1S/C12H20N2O3S/c1-4-5-6-18(16,17)13-8-11-9(2)7-10(3)14-12(11)15/h7,13H,4-6,8H2,1-3H3,(H,14,15). The van der Waals surface area contributed by atoms with E-state index in [0.717, 1.165) is 17.7 Å². The number of aryl methyl sites for hydroxylation is 2. The molecule has 0 bridgehead atoms. The summed E-state index contributed by atoms with van der Waals surface area (Å²) >= 11 is 0. The van der Waals surface area contributed by atoms with Crippen LogP contribution in [0.25, 0.3) is 0 Å². The molecule has 0 saturated carbocycles. The number of aromatic amines is 1. The highest BCUT2D eigenvalue weighted by Gasteiger charge is 2.12. The van der Waals surface area contributed by atoms with Crippen molar-refractivity contribution in [3.8, 4) is 0 Å². The van der Waals surface area contributed by atoms with Crippen LogP contribution in [0.5, 0.6) is 0 Å². The van der Waals surface area contributed by atoms with Crippen molar-refractivity contribution in [3.05, 3.63) is 33.2 Å². The summed E-state index contributed by atoms with van der Waals surface area (Å²) in [5.74, 6) is 0.103. The molecule has 0 aliphatic carbocycles. The summed E-state index contributed by atoms with van der Waals surface area (Å²) in [5, 5.41) is 0. The lowest BCUT2D eigenvalue weighted by Crippen LogP contribution is -2.29. The molecule has 18 heavy (non-hydrogen) atoms. The lowest BCUT2D eigenvalue weighted by atomic mass is 10.1. The van der Waals surface area contributed by atoms with E-state index in [2.05, 4.69) is 9.71 Å². The van der Waals surface area contributed by atoms with Crippen LogP contribution in [-0.2, 0) is 16.6 Å². The lowest BCUT2D eigenvalue weighted by Gasteiger charge is -2.08. The molecule has 0 fully saturated rings. The van der Waals surface area contributed by atoms with Crippen LogP contribution in [0.2, 0.25) is 0 Å². The predicted octanol–water partition coefficient (Wildman–Crippen LogP) is 1.21. The minimum Gasteiger partial charge on any atom is -0.326 e. The van der Waals surface area contributed by atoms with E-state index in [-0.39, 0.29) is 17.9 Å². The topological polar surface area (TPSA) is 79.0 Å². The van der Waals surface area contributed by atoms with Crippen molar-refractivity contribution in [1.29, 1.82) is 0 Å². The van der Waals surface area contributed by atoms with E-state index in [1.807, 2.05) is 13.0 Å². The van der Waals surface area contributed by atoms with E-state index >= 15 is 0 Å². The van der Waals surface area contributed by atoms with E-state index in [4.69, 9.17) is 0 Å². The molecule has 0 amide bonds. The Morgan fingerprint density at radius 1 is 1.33 bits per heavy atom. The summed E-state index contributed by atoms with van der Waals surface area (Å²) in [6.07, 6.45) is 1.45. The van der Waals surface area contributed by atoms with Gasteiger partial charge < -0.3 is 4.98 Å². The van der Waals surface area contributed by atoms with Crippen LogP contribution in [0.1, 0.15) is 36.6 Å². The molecule has 6 heteroatoms. The first kappa shape index (κ1) is 14.9. The van der Waals surface area contributed by atoms with Gasteiger partial charge in [0.25, 0.3) is 5.56 Å². The van der Waals surface area contributed by atoms with E-state index in [1.54, 1.807) is 13.8 Å². The van der Waals surface area contributed by atoms with Crippen molar-refractivity contribution in [3.63, 3.8) is 0 Å². The summed E-state index contributed by atoms with van der Waals surface area (Å²) in [4.78, 5) is 14.4. The minimum atomic E-state index is -3.29. The van der Waals surface area contributed by atoms with Gasteiger partial charge in [-0.3, -0.25) is 4.79 Å². The van der Waals surface area contributed by atoms with Crippen LogP contribution in [0.15, 0.2) is 10.9 Å². The number of nitrogens with one attached hydrogen (secondary N) is 2.